The molecule has 2 aliphatic rings. The van der Waals surface area contributed by atoms with Crippen LogP contribution in [0.3, 0.4) is 0 Å². The number of ether oxygens (including phenoxy) is 1. The number of aromatic amines is 1. The summed E-state index contributed by atoms with van der Waals surface area (Å²) in [7, 11) is -3.95. The number of benzene rings is 1. The molecule has 0 spiro atoms. The van der Waals surface area contributed by atoms with Crippen molar-refractivity contribution >= 4 is 14.1 Å². The van der Waals surface area contributed by atoms with Crippen molar-refractivity contribution in [2.24, 2.45) is 0 Å². The molecular weight excluding hydrogens is 451 g/mol. The summed E-state index contributed by atoms with van der Waals surface area (Å²) in [4.78, 5) is 37.2. The van der Waals surface area contributed by atoms with Gasteiger partial charge in [0.15, 0.2) is 6.23 Å². The molecule has 0 aliphatic carbocycles. The van der Waals surface area contributed by atoms with Crippen molar-refractivity contribution in [1.29, 1.82) is 0 Å². The van der Waals surface area contributed by atoms with Crippen LogP contribution in [0.2, 0.25) is 0 Å². The molecule has 2 aromatic rings. The molecule has 1 N–H and O–H groups in total. The molecule has 3 atom stereocenters. The number of aryl methyl sites for hydroxylation is 1. The molecule has 0 fully saturated rings. The second-order valence-corrected chi connectivity index (χ2v) is 10.6. The van der Waals surface area contributed by atoms with E-state index >= 15 is 0 Å². The van der Waals surface area contributed by atoms with E-state index in [1.165, 1.54) is 10.8 Å². The Labute approximate surface area is 189 Å². The summed E-state index contributed by atoms with van der Waals surface area (Å²) in [6, 6.07) is 3.34. The maximum absolute atomic E-state index is 13.2. The fourth-order valence-corrected chi connectivity index (χ4v) is 4.83. The van der Waals surface area contributed by atoms with Gasteiger partial charge in [0.25, 0.3) is 5.56 Å². The van der Waals surface area contributed by atoms with Crippen LogP contribution in [0.1, 0.15) is 54.0 Å². The van der Waals surface area contributed by atoms with Gasteiger partial charge in [-0.25, -0.2) is 9.36 Å². The van der Waals surface area contributed by atoms with Crippen LogP contribution in [-0.2, 0) is 30.4 Å². The van der Waals surface area contributed by atoms with Crippen LogP contribution >= 0.6 is 7.82 Å². The minimum absolute atomic E-state index is 0.0343. The van der Waals surface area contributed by atoms with Crippen molar-refractivity contribution in [3.8, 4) is 5.75 Å². The number of phosphoric acid groups is 1. The molecule has 0 saturated heterocycles. The number of hydrogen-bond donors (Lipinski definition) is 1. The van der Waals surface area contributed by atoms with Crippen LogP contribution in [0.4, 0.5) is 0 Å². The number of aromatic nitrogens is 2. The third kappa shape index (κ3) is 4.79. The fourth-order valence-electron chi connectivity index (χ4n) is 3.59. The lowest BCUT2D eigenvalue weighted by Gasteiger charge is -2.31. The average Bonchev–Trinajstić information content (AvgIpc) is 3.22. The summed E-state index contributed by atoms with van der Waals surface area (Å²) < 4.78 is 36.8. The van der Waals surface area contributed by atoms with Gasteiger partial charge in [0, 0.05) is 28.5 Å². The quantitative estimate of drug-likeness (QED) is 0.396. The van der Waals surface area contributed by atoms with Gasteiger partial charge in [-0.15, -0.1) is 0 Å². The maximum atomic E-state index is 13.2. The van der Waals surface area contributed by atoms with E-state index in [0.717, 1.165) is 11.8 Å². The van der Waals surface area contributed by atoms with Gasteiger partial charge in [0.2, 0.25) is 0 Å². The lowest BCUT2D eigenvalue weighted by molar-refractivity contribution is -0.0130. The van der Waals surface area contributed by atoms with Gasteiger partial charge in [-0.1, -0.05) is 26.8 Å². The molecule has 1 aromatic carbocycles. The van der Waals surface area contributed by atoms with E-state index < -0.39 is 31.4 Å². The highest BCUT2D eigenvalue weighted by Crippen LogP contribution is 2.56. The zero-order valence-corrected chi connectivity index (χ0v) is 19.6. The zero-order chi connectivity index (χ0) is 24.0. The first-order chi connectivity index (χ1) is 15.5. The Morgan fingerprint density at radius 1 is 1.27 bits per heavy atom. The fraction of sp³-hybridized carbons (Fsp3) is 0.409. The van der Waals surface area contributed by atoms with Crippen molar-refractivity contribution in [3.05, 3.63) is 73.6 Å². The molecule has 0 amide bonds. The molecule has 176 valence electrons. The first kappa shape index (κ1) is 23.4. The highest BCUT2D eigenvalue weighted by atomic mass is 31.2. The molecular formula is C22H25N2O8P. The standard InChI is InChI=1S/C22H25N2O8P/c1-13-9-24(21(27)23-20(13)26)18-6-5-16(31-18)12-30-33(28)29-11-15-7-14(10-25)8-17(19(15)32-33)22(2,3)4/h5-10,16,18H,11-12H2,1-4H3,(H,23,26,27)/t16-,18+,33-/m0/s1. The van der Waals surface area contributed by atoms with Gasteiger partial charge < -0.3 is 9.26 Å². The first-order valence-corrected chi connectivity index (χ1v) is 11.8. The number of carbonyl (C=O) groups excluding carboxylic acids is 1. The Balaban J connectivity index is 1.47. The van der Waals surface area contributed by atoms with Crippen LogP contribution in [0.25, 0.3) is 0 Å². The summed E-state index contributed by atoms with van der Waals surface area (Å²) >= 11 is 0. The minimum Gasteiger partial charge on any atom is -0.403 e. The van der Waals surface area contributed by atoms with E-state index in [1.54, 1.807) is 31.2 Å². The number of nitrogens with one attached hydrogen (secondary N) is 1. The van der Waals surface area contributed by atoms with Gasteiger partial charge in [-0.3, -0.25) is 28.2 Å². The number of rotatable bonds is 5. The number of carbonyl (C=O) groups is 1. The van der Waals surface area contributed by atoms with Crippen LogP contribution < -0.4 is 15.8 Å². The van der Waals surface area contributed by atoms with Crippen molar-refractivity contribution in [2.45, 2.75) is 52.0 Å². The molecule has 0 bridgehead atoms. The first-order valence-electron chi connectivity index (χ1n) is 10.4. The van der Waals surface area contributed by atoms with Crippen molar-refractivity contribution in [3.63, 3.8) is 0 Å². The largest absolute Gasteiger partial charge is 0.530 e. The molecule has 0 saturated carbocycles. The lowest BCUT2D eigenvalue weighted by atomic mass is 9.84. The topological polar surface area (TPSA) is 126 Å². The van der Waals surface area contributed by atoms with E-state index in [2.05, 4.69) is 4.98 Å². The van der Waals surface area contributed by atoms with Crippen LogP contribution in [-0.4, -0.2) is 28.5 Å². The second-order valence-electron chi connectivity index (χ2n) is 8.96. The number of nitrogens with zero attached hydrogens (tertiary/aromatic N) is 1. The van der Waals surface area contributed by atoms with E-state index in [4.69, 9.17) is 18.3 Å². The maximum Gasteiger partial charge on any atom is 0.530 e. The predicted molar refractivity (Wildman–Crippen MR) is 119 cm³/mol. The number of H-pyrrole nitrogens is 1. The molecule has 3 heterocycles. The highest BCUT2D eigenvalue weighted by Gasteiger charge is 2.38. The van der Waals surface area contributed by atoms with Gasteiger partial charge >= 0.3 is 13.5 Å². The lowest BCUT2D eigenvalue weighted by Crippen LogP contribution is -2.33. The van der Waals surface area contributed by atoms with Gasteiger partial charge in [-0.05, 0) is 30.5 Å². The predicted octanol–water partition coefficient (Wildman–Crippen LogP) is 3.14. The summed E-state index contributed by atoms with van der Waals surface area (Å²) in [5, 5.41) is 0. The Hall–Kier alpha value is -2.78. The molecule has 2 aliphatic heterocycles. The van der Waals surface area contributed by atoms with Crippen molar-refractivity contribution in [1.82, 2.24) is 9.55 Å². The van der Waals surface area contributed by atoms with E-state index in [0.29, 0.717) is 22.4 Å². The third-order valence-electron chi connectivity index (χ3n) is 5.34. The minimum atomic E-state index is -3.95. The Morgan fingerprint density at radius 2 is 2.03 bits per heavy atom. The molecule has 33 heavy (non-hydrogen) atoms. The van der Waals surface area contributed by atoms with Crippen LogP contribution in [0.5, 0.6) is 5.75 Å². The molecule has 0 radical (unpaired) electrons. The molecule has 11 heteroatoms. The van der Waals surface area contributed by atoms with Crippen molar-refractivity contribution in [2.75, 3.05) is 6.61 Å². The van der Waals surface area contributed by atoms with E-state index in [9.17, 15) is 18.9 Å². The molecule has 0 unspecified atom stereocenters. The Morgan fingerprint density at radius 3 is 2.73 bits per heavy atom. The Bertz CT molecular complexity index is 1290. The van der Waals surface area contributed by atoms with Crippen molar-refractivity contribution < 1.29 is 27.7 Å². The zero-order valence-electron chi connectivity index (χ0n) is 18.7. The number of phosphoric ester groups is 1. The normalized spacial score (nSPS) is 24.4. The summed E-state index contributed by atoms with van der Waals surface area (Å²) in [6.07, 6.45) is 4.10. The van der Waals surface area contributed by atoms with Crippen LogP contribution in [0, 0.1) is 6.92 Å². The third-order valence-corrected chi connectivity index (χ3v) is 6.65. The monoisotopic (exact) mass is 476 g/mol. The SMILES string of the molecule is Cc1cn([C@H]2C=C[C@@H](CO[P@]3(=O)OCc4cc(C=O)cc(C(C)(C)C)c4O3)O2)c(=O)[nH]c1=O. The summed E-state index contributed by atoms with van der Waals surface area (Å²) in [6.45, 7) is 7.28. The second kappa shape index (κ2) is 8.53. The highest BCUT2D eigenvalue weighted by molar-refractivity contribution is 7.49. The average molecular weight is 476 g/mol. The summed E-state index contributed by atoms with van der Waals surface area (Å²) in [5.74, 6) is 0.388. The molecule has 1 aromatic heterocycles. The van der Waals surface area contributed by atoms with E-state index in [1.807, 2.05) is 20.8 Å². The number of hydrogen-bond acceptors (Lipinski definition) is 8. The van der Waals surface area contributed by atoms with Gasteiger partial charge in [0.05, 0.1) is 13.2 Å². The van der Waals surface area contributed by atoms with Crippen LogP contribution in [0.15, 0.2) is 40.1 Å². The number of aldehydes is 1. The van der Waals surface area contributed by atoms with E-state index in [-0.39, 0.29) is 18.6 Å². The smallest absolute Gasteiger partial charge is 0.403 e. The number of fused-ring (bicyclic) bond motifs is 1. The molecule has 4 rings (SSSR count). The van der Waals surface area contributed by atoms with Gasteiger partial charge in [0.1, 0.15) is 18.1 Å². The molecule has 10 nitrogen and oxygen atoms in total. The van der Waals surface area contributed by atoms with Gasteiger partial charge in [-0.2, -0.15) is 0 Å². The summed E-state index contributed by atoms with van der Waals surface area (Å²) in [5.41, 5.74) is 0.742. The Kier molecular flexibility index (Phi) is 6.05.